The molecule has 1 aliphatic carbocycles. The van der Waals surface area contributed by atoms with E-state index in [2.05, 4.69) is 0 Å². The summed E-state index contributed by atoms with van der Waals surface area (Å²) >= 11 is 0. The topological polar surface area (TPSA) is 74.6 Å². The third kappa shape index (κ3) is 5.67. The van der Waals surface area contributed by atoms with E-state index in [9.17, 15) is 19.8 Å². The quantitative estimate of drug-likeness (QED) is 0.506. The largest absolute Gasteiger partial charge is 0.511 e. The first kappa shape index (κ1) is 21.4. The summed E-state index contributed by atoms with van der Waals surface area (Å²) in [5.74, 6) is -2.08. The van der Waals surface area contributed by atoms with Gasteiger partial charge in [-0.2, -0.15) is 0 Å². The summed E-state index contributed by atoms with van der Waals surface area (Å²) in [4.78, 5) is 25.3. The molecular formula is C21H32O4. The third-order valence-corrected chi connectivity index (χ3v) is 4.42. The van der Waals surface area contributed by atoms with Crippen molar-refractivity contribution < 1.29 is 19.8 Å². The second-order valence-electron chi connectivity index (χ2n) is 7.88. The van der Waals surface area contributed by atoms with Crippen LogP contribution in [-0.2, 0) is 9.59 Å². The Hall–Kier alpha value is -1.68. The summed E-state index contributed by atoms with van der Waals surface area (Å²) in [5.41, 5.74) is 2.03. The van der Waals surface area contributed by atoms with E-state index in [1.807, 2.05) is 53.7 Å². The molecule has 0 saturated carbocycles. The van der Waals surface area contributed by atoms with E-state index in [0.717, 1.165) is 11.1 Å². The fraction of sp³-hybridized carbons (Fsp3) is 0.619. The van der Waals surface area contributed by atoms with Crippen LogP contribution in [0.25, 0.3) is 0 Å². The molecule has 0 heterocycles. The maximum atomic E-state index is 12.8. The number of rotatable bonds is 8. The van der Waals surface area contributed by atoms with E-state index in [1.165, 1.54) is 0 Å². The number of Topliss-reactive ketones (excluding diaryl/α,β-unsaturated/α-hetero) is 2. The molecule has 0 aromatic carbocycles. The average Bonchev–Trinajstić information content (AvgIpc) is 2.72. The Bertz CT molecular complexity index is 599. The summed E-state index contributed by atoms with van der Waals surface area (Å²) in [6.07, 6.45) is 3.89. The van der Waals surface area contributed by atoms with Gasteiger partial charge < -0.3 is 10.2 Å². The first-order valence-corrected chi connectivity index (χ1v) is 9.01. The molecule has 25 heavy (non-hydrogen) atoms. The summed E-state index contributed by atoms with van der Waals surface area (Å²) in [6.45, 7) is 11.5. The summed E-state index contributed by atoms with van der Waals surface area (Å²) in [6, 6.07) is 0. The van der Waals surface area contributed by atoms with Crippen LogP contribution in [0.4, 0.5) is 0 Å². The molecule has 140 valence electrons. The van der Waals surface area contributed by atoms with Gasteiger partial charge in [0.25, 0.3) is 0 Å². The zero-order valence-corrected chi connectivity index (χ0v) is 16.3. The molecule has 0 aromatic heterocycles. The molecule has 3 unspecified atom stereocenters. The van der Waals surface area contributed by atoms with Crippen molar-refractivity contribution in [3.63, 3.8) is 0 Å². The van der Waals surface area contributed by atoms with Crippen LogP contribution >= 0.6 is 0 Å². The Kier molecular flexibility index (Phi) is 7.81. The molecule has 0 saturated heterocycles. The minimum Gasteiger partial charge on any atom is -0.511 e. The molecule has 0 bridgehead atoms. The molecule has 0 amide bonds. The van der Waals surface area contributed by atoms with Gasteiger partial charge in [-0.25, -0.2) is 0 Å². The van der Waals surface area contributed by atoms with Gasteiger partial charge in [-0.15, -0.1) is 0 Å². The maximum absolute atomic E-state index is 12.8. The van der Waals surface area contributed by atoms with E-state index < -0.39 is 23.7 Å². The molecule has 0 radical (unpaired) electrons. The fourth-order valence-electron chi connectivity index (χ4n) is 3.15. The highest BCUT2D eigenvalue weighted by molar-refractivity contribution is 6.23. The Morgan fingerprint density at radius 1 is 1.12 bits per heavy atom. The van der Waals surface area contributed by atoms with Crippen molar-refractivity contribution in [2.24, 2.45) is 17.8 Å². The molecule has 0 aromatic rings. The molecule has 2 N–H and O–H groups in total. The van der Waals surface area contributed by atoms with Crippen LogP contribution in [0.3, 0.4) is 0 Å². The predicted molar refractivity (Wildman–Crippen MR) is 100 cm³/mol. The lowest BCUT2D eigenvalue weighted by Crippen LogP contribution is -2.31. The normalized spacial score (nSPS) is 21.5. The van der Waals surface area contributed by atoms with Gasteiger partial charge >= 0.3 is 0 Å². The number of aliphatic hydroxyl groups excluding tert-OH is 2. The lowest BCUT2D eigenvalue weighted by atomic mass is 9.84. The first-order valence-electron chi connectivity index (χ1n) is 9.01. The predicted octanol–water partition coefficient (Wildman–Crippen LogP) is 4.30. The van der Waals surface area contributed by atoms with Crippen LogP contribution in [0.5, 0.6) is 0 Å². The van der Waals surface area contributed by atoms with Gasteiger partial charge in [0.15, 0.2) is 11.6 Å². The molecule has 4 heteroatoms. The van der Waals surface area contributed by atoms with Crippen molar-refractivity contribution in [2.75, 3.05) is 0 Å². The zero-order chi connectivity index (χ0) is 19.3. The molecule has 0 spiro atoms. The molecule has 3 atom stereocenters. The van der Waals surface area contributed by atoms with E-state index in [-0.39, 0.29) is 29.5 Å². The smallest absolute Gasteiger partial charge is 0.176 e. The number of aliphatic hydroxyl groups is 2. The minimum absolute atomic E-state index is 0.0953. The SMILES string of the molecule is CC(C)=CCC(O)C1C(=O)C(C(=O)CC(C)C)=C(O)C1CC=C(C)C. The second kappa shape index (κ2) is 9.14. The second-order valence-corrected chi connectivity index (χ2v) is 7.88. The molecular weight excluding hydrogens is 316 g/mol. The van der Waals surface area contributed by atoms with Crippen LogP contribution in [-0.4, -0.2) is 27.9 Å². The molecule has 1 aliphatic rings. The van der Waals surface area contributed by atoms with Crippen LogP contribution in [0.1, 0.15) is 60.8 Å². The van der Waals surface area contributed by atoms with Crippen LogP contribution in [0.15, 0.2) is 34.6 Å². The highest BCUT2D eigenvalue weighted by Gasteiger charge is 2.47. The minimum atomic E-state index is -0.913. The van der Waals surface area contributed by atoms with Crippen molar-refractivity contribution in [1.29, 1.82) is 0 Å². The number of allylic oxidation sites excluding steroid dienone is 5. The number of carbonyl (C=O) groups excluding carboxylic acids is 2. The van der Waals surface area contributed by atoms with Gasteiger partial charge in [-0.05, 0) is 46.5 Å². The Labute approximate surface area is 151 Å². The van der Waals surface area contributed by atoms with Gasteiger partial charge in [0.05, 0.1) is 17.6 Å². The van der Waals surface area contributed by atoms with Gasteiger partial charge in [0.1, 0.15) is 5.76 Å². The number of carbonyl (C=O) groups is 2. The molecule has 4 nitrogen and oxygen atoms in total. The highest BCUT2D eigenvalue weighted by atomic mass is 16.3. The Morgan fingerprint density at radius 3 is 2.16 bits per heavy atom. The fourth-order valence-corrected chi connectivity index (χ4v) is 3.15. The van der Waals surface area contributed by atoms with Gasteiger partial charge in [-0.1, -0.05) is 37.1 Å². The third-order valence-electron chi connectivity index (χ3n) is 4.42. The summed E-state index contributed by atoms with van der Waals surface area (Å²) < 4.78 is 0. The number of ketones is 2. The molecule has 0 aliphatic heterocycles. The van der Waals surface area contributed by atoms with Crippen molar-refractivity contribution in [2.45, 2.75) is 66.9 Å². The summed E-state index contributed by atoms with van der Waals surface area (Å²) in [7, 11) is 0. The standard InChI is InChI=1S/C21H32O4/c1-12(2)7-9-15-18(16(22)10-8-13(3)4)21(25)19(20(15)24)17(23)11-14(5)6/h7-8,14-16,18,22,24H,9-11H2,1-6H3. The van der Waals surface area contributed by atoms with Crippen molar-refractivity contribution in [1.82, 2.24) is 0 Å². The number of hydrogen-bond acceptors (Lipinski definition) is 4. The average molecular weight is 348 g/mol. The zero-order valence-electron chi connectivity index (χ0n) is 16.3. The van der Waals surface area contributed by atoms with E-state index in [4.69, 9.17) is 0 Å². The van der Waals surface area contributed by atoms with E-state index in [0.29, 0.717) is 12.8 Å². The molecule has 0 fully saturated rings. The van der Waals surface area contributed by atoms with E-state index in [1.54, 1.807) is 0 Å². The van der Waals surface area contributed by atoms with Gasteiger partial charge in [0.2, 0.25) is 0 Å². The highest BCUT2D eigenvalue weighted by Crippen LogP contribution is 2.39. The maximum Gasteiger partial charge on any atom is 0.176 e. The van der Waals surface area contributed by atoms with Crippen molar-refractivity contribution in [3.8, 4) is 0 Å². The summed E-state index contributed by atoms with van der Waals surface area (Å²) in [5, 5.41) is 21.2. The van der Waals surface area contributed by atoms with Crippen molar-refractivity contribution in [3.05, 3.63) is 34.6 Å². The number of hydrogen-bond donors (Lipinski definition) is 2. The van der Waals surface area contributed by atoms with Crippen LogP contribution < -0.4 is 0 Å². The van der Waals surface area contributed by atoms with E-state index >= 15 is 0 Å². The van der Waals surface area contributed by atoms with Crippen LogP contribution in [0.2, 0.25) is 0 Å². The van der Waals surface area contributed by atoms with Crippen LogP contribution in [0, 0.1) is 17.8 Å². The Morgan fingerprint density at radius 2 is 1.68 bits per heavy atom. The van der Waals surface area contributed by atoms with Crippen molar-refractivity contribution >= 4 is 11.6 Å². The first-order chi connectivity index (χ1) is 11.6. The monoisotopic (exact) mass is 348 g/mol. The lowest BCUT2D eigenvalue weighted by Gasteiger charge is -2.23. The Balaban J connectivity index is 3.18. The van der Waals surface area contributed by atoms with Gasteiger partial charge in [-0.3, -0.25) is 9.59 Å². The lowest BCUT2D eigenvalue weighted by molar-refractivity contribution is -0.125. The van der Waals surface area contributed by atoms with Gasteiger partial charge in [0, 0.05) is 12.3 Å². The molecule has 1 rings (SSSR count).